The number of aliphatic hydroxyl groups is 1. The third-order valence-corrected chi connectivity index (χ3v) is 5.71. The van der Waals surface area contributed by atoms with Crippen LogP contribution in [0.3, 0.4) is 0 Å². The molecule has 2 fully saturated rings. The summed E-state index contributed by atoms with van der Waals surface area (Å²) in [4.78, 5) is 28.5. The number of amides is 2. The number of likely N-dealkylation sites (tertiary alicyclic amines) is 2. The lowest BCUT2D eigenvalue weighted by Crippen LogP contribution is -2.52. The first-order valence-corrected chi connectivity index (χ1v) is 9.32. The maximum absolute atomic E-state index is 12.5. The van der Waals surface area contributed by atoms with Crippen molar-refractivity contribution in [3.63, 3.8) is 0 Å². The van der Waals surface area contributed by atoms with Crippen LogP contribution >= 0.6 is 0 Å². The Morgan fingerprint density at radius 2 is 1.84 bits per heavy atom. The van der Waals surface area contributed by atoms with Gasteiger partial charge in [-0.25, -0.2) is 0 Å². The topological polar surface area (TPSA) is 60.9 Å². The molecule has 2 aliphatic heterocycles. The van der Waals surface area contributed by atoms with Gasteiger partial charge in [0.25, 0.3) is 0 Å². The van der Waals surface area contributed by atoms with Gasteiger partial charge in [-0.1, -0.05) is 30.3 Å². The SMILES string of the molecule is O=C(Cc1ccccc1)N1CCC2(CCC(=O)N(CCCO)C2)CC1. The molecule has 1 aromatic rings. The third kappa shape index (κ3) is 4.40. The largest absolute Gasteiger partial charge is 0.396 e. The molecule has 0 aromatic heterocycles. The Labute approximate surface area is 149 Å². The van der Waals surface area contributed by atoms with Crippen molar-refractivity contribution in [3.8, 4) is 0 Å². The Morgan fingerprint density at radius 1 is 1.12 bits per heavy atom. The third-order valence-electron chi connectivity index (χ3n) is 5.71. The molecular weight excluding hydrogens is 316 g/mol. The molecule has 0 saturated carbocycles. The quantitative estimate of drug-likeness (QED) is 0.887. The molecule has 0 aliphatic carbocycles. The number of hydrogen-bond acceptors (Lipinski definition) is 3. The van der Waals surface area contributed by atoms with Crippen molar-refractivity contribution < 1.29 is 14.7 Å². The number of carbonyl (C=O) groups excluding carboxylic acids is 2. The minimum Gasteiger partial charge on any atom is -0.396 e. The van der Waals surface area contributed by atoms with Crippen LogP contribution in [0.15, 0.2) is 30.3 Å². The lowest BCUT2D eigenvalue weighted by molar-refractivity contribution is -0.142. The Kier molecular flexibility index (Phi) is 5.74. The number of nitrogens with zero attached hydrogens (tertiary/aromatic N) is 2. The summed E-state index contributed by atoms with van der Waals surface area (Å²) in [6.45, 7) is 3.13. The Bertz CT molecular complexity index is 594. The van der Waals surface area contributed by atoms with E-state index in [1.54, 1.807) is 0 Å². The second-order valence-electron chi connectivity index (χ2n) is 7.44. The molecular formula is C20H28N2O3. The zero-order valence-corrected chi connectivity index (χ0v) is 14.8. The highest BCUT2D eigenvalue weighted by Gasteiger charge is 2.41. The average Bonchev–Trinajstić information content (AvgIpc) is 2.64. The zero-order valence-electron chi connectivity index (χ0n) is 14.8. The maximum atomic E-state index is 12.5. The van der Waals surface area contributed by atoms with Crippen LogP contribution in [0, 0.1) is 5.41 Å². The first-order chi connectivity index (χ1) is 12.1. The molecule has 2 aliphatic rings. The van der Waals surface area contributed by atoms with E-state index in [1.807, 2.05) is 40.1 Å². The second-order valence-corrected chi connectivity index (χ2v) is 7.44. The summed E-state index contributed by atoms with van der Waals surface area (Å²) < 4.78 is 0. The summed E-state index contributed by atoms with van der Waals surface area (Å²) >= 11 is 0. The fourth-order valence-corrected chi connectivity index (χ4v) is 4.09. The average molecular weight is 344 g/mol. The van der Waals surface area contributed by atoms with E-state index in [4.69, 9.17) is 5.11 Å². The van der Waals surface area contributed by atoms with Crippen LogP contribution in [0.5, 0.6) is 0 Å². The Hall–Kier alpha value is -1.88. The predicted octanol–water partition coefficient (Wildman–Crippen LogP) is 1.84. The molecule has 1 N–H and O–H groups in total. The maximum Gasteiger partial charge on any atom is 0.226 e. The number of piperidine rings is 2. The predicted molar refractivity (Wildman–Crippen MR) is 95.9 cm³/mol. The molecule has 3 rings (SSSR count). The van der Waals surface area contributed by atoms with Gasteiger partial charge in [-0.05, 0) is 36.7 Å². The lowest BCUT2D eigenvalue weighted by atomic mass is 9.72. The van der Waals surface area contributed by atoms with Gasteiger partial charge in [-0.2, -0.15) is 0 Å². The Morgan fingerprint density at radius 3 is 2.52 bits per heavy atom. The van der Waals surface area contributed by atoms with Crippen LogP contribution < -0.4 is 0 Å². The summed E-state index contributed by atoms with van der Waals surface area (Å²) in [7, 11) is 0. The van der Waals surface area contributed by atoms with Gasteiger partial charge in [-0.3, -0.25) is 9.59 Å². The second kappa shape index (κ2) is 8.00. The Balaban J connectivity index is 1.54. The van der Waals surface area contributed by atoms with Gasteiger partial charge in [0, 0.05) is 39.2 Å². The first-order valence-electron chi connectivity index (χ1n) is 9.32. The summed E-state index contributed by atoms with van der Waals surface area (Å²) in [5.74, 6) is 0.409. The molecule has 0 unspecified atom stereocenters. The van der Waals surface area contributed by atoms with Gasteiger partial charge in [0.2, 0.25) is 11.8 Å². The molecule has 2 heterocycles. The van der Waals surface area contributed by atoms with Crippen molar-refractivity contribution >= 4 is 11.8 Å². The molecule has 136 valence electrons. The zero-order chi connectivity index (χ0) is 17.7. The number of carbonyl (C=O) groups is 2. The van der Waals surface area contributed by atoms with Gasteiger partial charge in [0.05, 0.1) is 6.42 Å². The number of benzene rings is 1. The minimum atomic E-state index is 0.124. The monoisotopic (exact) mass is 344 g/mol. The standard InChI is InChI=1S/C20H28N2O3/c23-14-4-11-22-16-20(8-7-18(22)24)9-12-21(13-10-20)19(25)15-17-5-2-1-3-6-17/h1-3,5-6,23H,4,7-16H2. The van der Waals surface area contributed by atoms with E-state index >= 15 is 0 Å². The van der Waals surface area contributed by atoms with E-state index in [0.29, 0.717) is 25.8 Å². The summed E-state index contributed by atoms with van der Waals surface area (Å²) in [5, 5.41) is 9.02. The fourth-order valence-electron chi connectivity index (χ4n) is 4.09. The van der Waals surface area contributed by atoms with E-state index in [2.05, 4.69) is 0 Å². The van der Waals surface area contributed by atoms with E-state index in [-0.39, 0.29) is 23.8 Å². The van der Waals surface area contributed by atoms with Gasteiger partial charge in [0.15, 0.2) is 0 Å². The van der Waals surface area contributed by atoms with Gasteiger partial charge in [-0.15, -0.1) is 0 Å². The van der Waals surface area contributed by atoms with E-state index in [9.17, 15) is 9.59 Å². The lowest BCUT2D eigenvalue weighted by Gasteiger charge is -2.47. The smallest absolute Gasteiger partial charge is 0.226 e. The normalized spacial score (nSPS) is 20.1. The van der Waals surface area contributed by atoms with Crippen LogP contribution in [-0.2, 0) is 16.0 Å². The molecule has 5 nitrogen and oxygen atoms in total. The van der Waals surface area contributed by atoms with E-state index in [1.165, 1.54) is 0 Å². The van der Waals surface area contributed by atoms with Crippen LogP contribution in [-0.4, -0.2) is 59.5 Å². The van der Waals surface area contributed by atoms with Crippen LogP contribution in [0.4, 0.5) is 0 Å². The highest BCUT2D eigenvalue weighted by atomic mass is 16.3. The van der Waals surface area contributed by atoms with Crippen LogP contribution in [0.1, 0.15) is 37.7 Å². The highest BCUT2D eigenvalue weighted by Crippen LogP contribution is 2.40. The molecule has 1 spiro atoms. The molecule has 5 heteroatoms. The fraction of sp³-hybridized carbons (Fsp3) is 0.600. The first kappa shape index (κ1) is 17.9. The van der Waals surface area contributed by atoms with Gasteiger partial charge < -0.3 is 14.9 Å². The van der Waals surface area contributed by atoms with Crippen molar-refractivity contribution in [1.29, 1.82) is 0 Å². The number of hydrogen-bond donors (Lipinski definition) is 1. The van der Waals surface area contributed by atoms with Crippen LogP contribution in [0.2, 0.25) is 0 Å². The molecule has 2 amide bonds. The van der Waals surface area contributed by atoms with Crippen molar-refractivity contribution in [3.05, 3.63) is 35.9 Å². The van der Waals surface area contributed by atoms with Crippen molar-refractivity contribution in [2.75, 3.05) is 32.8 Å². The molecule has 25 heavy (non-hydrogen) atoms. The van der Waals surface area contributed by atoms with Crippen molar-refractivity contribution in [2.45, 2.75) is 38.5 Å². The molecule has 0 bridgehead atoms. The van der Waals surface area contributed by atoms with Crippen LogP contribution in [0.25, 0.3) is 0 Å². The summed E-state index contributed by atoms with van der Waals surface area (Å²) in [5.41, 5.74) is 1.22. The van der Waals surface area contributed by atoms with E-state index in [0.717, 1.165) is 44.5 Å². The number of rotatable bonds is 5. The molecule has 0 radical (unpaired) electrons. The van der Waals surface area contributed by atoms with Crippen molar-refractivity contribution in [2.24, 2.45) is 5.41 Å². The molecule has 0 atom stereocenters. The van der Waals surface area contributed by atoms with Crippen molar-refractivity contribution in [1.82, 2.24) is 9.80 Å². The number of aliphatic hydroxyl groups excluding tert-OH is 1. The minimum absolute atomic E-state index is 0.124. The summed E-state index contributed by atoms with van der Waals surface area (Å²) in [6.07, 6.45) is 4.58. The molecule has 1 aromatic carbocycles. The highest BCUT2D eigenvalue weighted by molar-refractivity contribution is 5.79. The molecule has 2 saturated heterocycles. The van der Waals surface area contributed by atoms with Gasteiger partial charge >= 0.3 is 0 Å². The summed E-state index contributed by atoms with van der Waals surface area (Å²) in [6, 6.07) is 9.89. The van der Waals surface area contributed by atoms with Gasteiger partial charge in [0.1, 0.15) is 0 Å². The van der Waals surface area contributed by atoms with E-state index < -0.39 is 0 Å².